The van der Waals surface area contributed by atoms with Crippen LogP contribution in [0.3, 0.4) is 0 Å². The number of hydrogen-bond acceptors (Lipinski definition) is 4. The lowest BCUT2D eigenvalue weighted by atomic mass is 10.2. The fourth-order valence-electron chi connectivity index (χ4n) is 1.64. The summed E-state index contributed by atoms with van der Waals surface area (Å²) in [6.07, 6.45) is 0. The van der Waals surface area contributed by atoms with Crippen LogP contribution in [-0.4, -0.2) is 41.7 Å². The summed E-state index contributed by atoms with van der Waals surface area (Å²) in [5.41, 5.74) is -3.83. The van der Waals surface area contributed by atoms with Gasteiger partial charge in [0.25, 0.3) is 0 Å². The van der Waals surface area contributed by atoms with Crippen LogP contribution in [0.4, 0.5) is 13.2 Å². The Morgan fingerprint density at radius 1 is 1.45 bits per heavy atom. The van der Waals surface area contributed by atoms with Crippen molar-refractivity contribution >= 4 is 30.1 Å². The van der Waals surface area contributed by atoms with Crippen LogP contribution in [0.5, 0.6) is 5.75 Å². The van der Waals surface area contributed by atoms with E-state index in [2.05, 4.69) is 0 Å². The number of likely N-dealkylation sites (N-methyl/N-ethyl adjacent to an activating group) is 1. The van der Waals surface area contributed by atoms with Crippen LogP contribution in [0.2, 0.25) is 0 Å². The summed E-state index contributed by atoms with van der Waals surface area (Å²) in [6.45, 7) is 1.74. The fourth-order valence-corrected chi connectivity index (χ4v) is 2.35. The molecule has 0 saturated carbocycles. The van der Waals surface area contributed by atoms with Gasteiger partial charge in [0.05, 0.1) is 12.0 Å². The van der Waals surface area contributed by atoms with Crippen LogP contribution in [0.1, 0.15) is 12.5 Å². The third-order valence-electron chi connectivity index (χ3n) is 2.90. The van der Waals surface area contributed by atoms with Gasteiger partial charge in [-0.1, -0.05) is 6.07 Å². The van der Waals surface area contributed by atoms with Gasteiger partial charge in [-0.3, -0.25) is 9.69 Å². The second kappa shape index (κ2) is 8.50. The minimum Gasteiger partial charge on any atom is -0.496 e. The molecule has 0 bridgehead atoms. The molecule has 126 valence electrons. The first-order chi connectivity index (χ1) is 9.64. The van der Waals surface area contributed by atoms with Crippen LogP contribution in [0, 0.1) is 0 Å². The molecule has 1 N–H and O–H groups in total. The molecule has 1 aromatic rings. The van der Waals surface area contributed by atoms with E-state index in [1.165, 1.54) is 31.1 Å². The van der Waals surface area contributed by atoms with Crippen molar-refractivity contribution < 1.29 is 27.8 Å². The molecule has 9 heteroatoms. The molecule has 1 atom stereocenters. The highest BCUT2D eigenvalue weighted by Crippen LogP contribution is 2.41. The molecule has 22 heavy (non-hydrogen) atoms. The topological polar surface area (TPSA) is 49.8 Å². The van der Waals surface area contributed by atoms with Gasteiger partial charge in [-0.25, -0.2) is 0 Å². The van der Waals surface area contributed by atoms with Gasteiger partial charge in [0, 0.05) is 6.54 Å². The van der Waals surface area contributed by atoms with E-state index in [4.69, 9.17) is 9.84 Å². The lowest BCUT2D eigenvalue weighted by Gasteiger charge is -2.21. The molecular formula is C13H17ClF3NO3S. The number of alkyl halides is 3. The van der Waals surface area contributed by atoms with Crippen molar-refractivity contribution in [2.75, 3.05) is 14.2 Å². The van der Waals surface area contributed by atoms with Gasteiger partial charge in [0.15, 0.2) is 0 Å². The molecule has 0 aromatic heterocycles. The average Bonchev–Trinajstić information content (AvgIpc) is 2.36. The summed E-state index contributed by atoms with van der Waals surface area (Å²) in [5.74, 6) is -0.856. The summed E-state index contributed by atoms with van der Waals surface area (Å²) in [5, 5.41) is 8.91. The van der Waals surface area contributed by atoms with E-state index in [0.29, 0.717) is 5.56 Å². The van der Waals surface area contributed by atoms with Crippen molar-refractivity contribution in [1.82, 2.24) is 4.90 Å². The maximum Gasteiger partial charge on any atom is 0.446 e. The third kappa shape index (κ3) is 6.33. The highest BCUT2D eigenvalue weighted by molar-refractivity contribution is 8.00. The zero-order chi connectivity index (χ0) is 16.2. The van der Waals surface area contributed by atoms with Gasteiger partial charge in [-0.05, 0) is 43.4 Å². The van der Waals surface area contributed by atoms with Gasteiger partial charge in [-0.2, -0.15) is 13.2 Å². The Balaban J connectivity index is 0.00000441. The van der Waals surface area contributed by atoms with E-state index in [-0.39, 0.29) is 41.4 Å². The summed E-state index contributed by atoms with van der Waals surface area (Å²) in [7, 11) is 2.90. The number of carboxylic acid groups (broad SMARTS) is 1. The SMILES string of the molecule is COc1ccc(CN(C)C(C)C(=O)O)cc1SC(F)(F)F.Cl. The molecule has 1 unspecified atom stereocenters. The Morgan fingerprint density at radius 3 is 2.50 bits per heavy atom. The van der Waals surface area contributed by atoms with Crippen molar-refractivity contribution in [3.63, 3.8) is 0 Å². The lowest BCUT2D eigenvalue weighted by molar-refractivity contribution is -0.142. The van der Waals surface area contributed by atoms with Crippen molar-refractivity contribution in [3.8, 4) is 5.75 Å². The smallest absolute Gasteiger partial charge is 0.446 e. The highest BCUT2D eigenvalue weighted by Gasteiger charge is 2.31. The molecule has 0 radical (unpaired) electrons. The molecule has 0 heterocycles. The first kappa shape index (κ1) is 20.9. The van der Waals surface area contributed by atoms with E-state index in [9.17, 15) is 18.0 Å². The molecular weight excluding hydrogens is 343 g/mol. The molecule has 0 aliphatic carbocycles. The quantitative estimate of drug-likeness (QED) is 0.786. The number of aliphatic carboxylic acids is 1. The number of ether oxygens (including phenoxy) is 1. The van der Waals surface area contributed by atoms with E-state index >= 15 is 0 Å². The number of carbonyl (C=O) groups is 1. The Kier molecular flexibility index (Phi) is 8.06. The van der Waals surface area contributed by atoms with Crippen molar-refractivity contribution in [1.29, 1.82) is 0 Å². The van der Waals surface area contributed by atoms with E-state index < -0.39 is 17.5 Å². The minimum atomic E-state index is -4.41. The second-order valence-corrected chi connectivity index (χ2v) is 5.57. The maximum absolute atomic E-state index is 12.5. The number of nitrogens with zero attached hydrogens (tertiary/aromatic N) is 1. The molecule has 4 nitrogen and oxygen atoms in total. The number of hydrogen-bond donors (Lipinski definition) is 1. The van der Waals surface area contributed by atoms with Crippen LogP contribution < -0.4 is 4.74 Å². The van der Waals surface area contributed by atoms with Crippen LogP contribution in [0.25, 0.3) is 0 Å². The van der Waals surface area contributed by atoms with E-state index in [1.807, 2.05) is 0 Å². The lowest BCUT2D eigenvalue weighted by Crippen LogP contribution is -2.35. The molecule has 1 rings (SSSR count). The average molecular weight is 360 g/mol. The van der Waals surface area contributed by atoms with E-state index in [0.717, 1.165) is 0 Å². The van der Waals surface area contributed by atoms with Gasteiger partial charge in [-0.15, -0.1) is 12.4 Å². The zero-order valence-electron chi connectivity index (χ0n) is 12.2. The van der Waals surface area contributed by atoms with Gasteiger partial charge >= 0.3 is 11.5 Å². The van der Waals surface area contributed by atoms with Crippen LogP contribution in [0.15, 0.2) is 23.1 Å². The molecule has 0 aliphatic rings. The molecule has 0 spiro atoms. The van der Waals surface area contributed by atoms with Gasteiger partial charge < -0.3 is 9.84 Å². The predicted octanol–water partition coefficient (Wildman–Crippen LogP) is 3.63. The van der Waals surface area contributed by atoms with E-state index in [1.54, 1.807) is 13.1 Å². The van der Waals surface area contributed by atoms with Crippen molar-refractivity contribution in [3.05, 3.63) is 23.8 Å². The van der Waals surface area contributed by atoms with Crippen molar-refractivity contribution in [2.45, 2.75) is 29.9 Å². The first-order valence-electron chi connectivity index (χ1n) is 5.99. The van der Waals surface area contributed by atoms with Crippen LogP contribution >= 0.6 is 24.2 Å². The fraction of sp³-hybridized carbons (Fsp3) is 0.462. The van der Waals surface area contributed by atoms with Crippen molar-refractivity contribution in [2.24, 2.45) is 0 Å². The maximum atomic E-state index is 12.5. The predicted molar refractivity (Wildman–Crippen MR) is 80.7 cm³/mol. The molecule has 1 aromatic carbocycles. The monoisotopic (exact) mass is 359 g/mol. The molecule has 0 saturated heterocycles. The second-order valence-electron chi connectivity index (χ2n) is 4.46. The number of rotatable bonds is 6. The Labute approximate surface area is 137 Å². The largest absolute Gasteiger partial charge is 0.496 e. The van der Waals surface area contributed by atoms with Gasteiger partial charge in [0.1, 0.15) is 11.8 Å². The highest BCUT2D eigenvalue weighted by atomic mass is 35.5. The third-order valence-corrected chi connectivity index (χ3v) is 3.67. The number of carboxylic acids is 1. The standard InChI is InChI=1S/C13H16F3NO3S.ClH/c1-8(12(18)19)17(2)7-9-4-5-10(20-3)11(6-9)21-13(14,15)16;/h4-6,8H,7H2,1-3H3,(H,18,19);1H. The zero-order valence-corrected chi connectivity index (χ0v) is 13.8. The first-order valence-corrected chi connectivity index (χ1v) is 6.81. The van der Waals surface area contributed by atoms with Crippen LogP contribution in [-0.2, 0) is 11.3 Å². The minimum absolute atomic E-state index is 0. The molecule has 0 fully saturated rings. The summed E-state index contributed by atoms with van der Waals surface area (Å²) < 4.78 is 42.4. The number of benzene rings is 1. The Bertz CT molecular complexity index is 514. The number of methoxy groups -OCH3 is 1. The number of halogens is 4. The normalized spacial score (nSPS) is 12.7. The number of thioether (sulfide) groups is 1. The van der Waals surface area contributed by atoms with Gasteiger partial charge in [0.2, 0.25) is 0 Å². The summed E-state index contributed by atoms with van der Waals surface area (Å²) in [4.78, 5) is 12.4. The molecule has 0 aliphatic heterocycles. The Morgan fingerprint density at radius 2 is 2.05 bits per heavy atom. The Hall–Kier alpha value is -1.12. The summed E-state index contributed by atoms with van der Waals surface area (Å²) in [6, 6.07) is 3.69. The summed E-state index contributed by atoms with van der Waals surface area (Å²) >= 11 is -0.252. The molecule has 0 amide bonds.